The third-order valence-electron chi connectivity index (χ3n) is 3.80. The first-order valence-electron chi connectivity index (χ1n) is 8.66. The Labute approximate surface area is 149 Å². The van der Waals surface area contributed by atoms with Crippen LogP contribution in [0.3, 0.4) is 0 Å². The van der Waals surface area contributed by atoms with E-state index < -0.39 is 0 Å². The third kappa shape index (κ3) is 5.17. The molecule has 1 N–H and O–H groups in total. The van der Waals surface area contributed by atoms with Gasteiger partial charge in [0, 0.05) is 37.6 Å². The SMILES string of the molecule is CCCN(CCC)c1ncc(C(=O)NCc2ccccc2OC)cn1. The Kier molecular flexibility index (Phi) is 7.19. The summed E-state index contributed by atoms with van der Waals surface area (Å²) >= 11 is 0. The van der Waals surface area contributed by atoms with Crippen molar-refractivity contribution < 1.29 is 9.53 Å². The standard InChI is InChI=1S/C19H26N4O2/c1-4-10-23(11-5-2)19-21-13-16(14-22-19)18(24)20-12-15-8-6-7-9-17(15)25-3/h6-9,13-14H,4-5,10-12H2,1-3H3,(H,20,24). The lowest BCUT2D eigenvalue weighted by atomic mass is 10.2. The molecular weight excluding hydrogens is 316 g/mol. The van der Waals surface area contributed by atoms with Crippen LogP contribution in [0.1, 0.15) is 42.6 Å². The molecule has 0 aliphatic heterocycles. The maximum Gasteiger partial charge on any atom is 0.254 e. The van der Waals surface area contributed by atoms with E-state index in [0.717, 1.165) is 37.2 Å². The van der Waals surface area contributed by atoms with Crippen LogP contribution in [0.4, 0.5) is 5.95 Å². The molecule has 0 spiro atoms. The van der Waals surface area contributed by atoms with E-state index >= 15 is 0 Å². The maximum absolute atomic E-state index is 12.3. The van der Waals surface area contributed by atoms with E-state index in [1.165, 1.54) is 0 Å². The number of rotatable bonds is 9. The third-order valence-corrected chi connectivity index (χ3v) is 3.80. The Morgan fingerprint density at radius 3 is 2.36 bits per heavy atom. The number of carbonyl (C=O) groups excluding carboxylic acids is 1. The monoisotopic (exact) mass is 342 g/mol. The van der Waals surface area contributed by atoms with Gasteiger partial charge in [-0.1, -0.05) is 32.0 Å². The van der Waals surface area contributed by atoms with Gasteiger partial charge >= 0.3 is 0 Å². The van der Waals surface area contributed by atoms with Crippen LogP contribution in [-0.4, -0.2) is 36.1 Å². The fraction of sp³-hybridized carbons (Fsp3) is 0.421. The summed E-state index contributed by atoms with van der Waals surface area (Å²) in [6, 6.07) is 7.61. The highest BCUT2D eigenvalue weighted by Crippen LogP contribution is 2.17. The second-order valence-corrected chi connectivity index (χ2v) is 5.75. The van der Waals surface area contributed by atoms with Crippen LogP contribution >= 0.6 is 0 Å². The van der Waals surface area contributed by atoms with Crippen LogP contribution in [0.5, 0.6) is 5.75 Å². The molecule has 6 nitrogen and oxygen atoms in total. The summed E-state index contributed by atoms with van der Waals surface area (Å²) in [5, 5.41) is 2.88. The number of hydrogen-bond donors (Lipinski definition) is 1. The molecule has 1 amide bonds. The molecule has 0 fully saturated rings. The molecule has 6 heteroatoms. The van der Waals surface area contributed by atoms with E-state index in [0.29, 0.717) is 18.1 Å². The minimum absolute atomic E-state index is 0.199. The Morgan fingerprint density at radius 1 is 1.12 bits per heavy atom. The van der Waals surface area contributed by atoms with Gasteiger partial charge in [-0.3, -0.25) is 4.79 Å². The van der Waals surface area contributed by atoms with Crippen LogP contribution < -0.4 is 15.0 Å². The van der Waals surface area contributed by atoms with Crippen molar-refractivity contribution in [3.8, 4) is 5.75 Å². The highest BCUT2D eigenvalue weighted by atomic mass is 16.5. The molecule has 0 bridgehead atoms. The molecular formula is C19H26N4O2. The number of benzene rings is 1. The molecule has 0 radical (unpaired) electrons. The Balaban J connectivity index is 2.00. The van der Waals surface area contributed by atoms with Crippen molar-refractivity contribution in [2.75, 3.05) is 25.1 Å². The zero-order valence-electron chi connectivity index (χ0n) is 15.2. The number of nitrogens with one attached hydrogen (secondary N) is 1. The zero-order valence-corrected chi connectivity index (χ0v) is 15.2. The number of anilines is 1. The molecule has 2 aromatic rings. The topological polar surface area (TPSA) is 67.4 Å². The van der Waals surface area contributed by atoms with Crippen LogP contribution in [0.2, 0.25) is 0 Å². The number of amides is 1. The Morgan fingerprint density at radius 2 is 1.76 bits per heavy atom. The number of hydrogen-bond acceptors (Lipinski definition) is 5. The highest BCUT2D eigenvalue weighted by molar-refractivity contribution is 5.93. The molecule has 1 aromatic carbocycles. The summed E-state index contributed by atoms with van der Waals surface area (Å²) in [7, 11) is 1.62. The fourth-order valence-electron chi connectivity index (χ4n) is 2.58. The number of aromatic nitrogens is 2. The first-order valence-corrected chi connectivity index (χ1v) is 8.66. The summed E-state index contributed by atoms with van der Waals surface area (Å²) in [5.74, 6) is 1.23. The van der Waals surface area contributed by atoms with Gasteiger partial charge in [0.1, 0.15) is 5.75 Å². The van der Waals surface area contributed by atoms with E-state index in [9.17, 15) is 4.79 Å². The lowest BCUT2D eigenvalue weighted by Crippen LogP contribution is -2.28. The number of methoxy groups -OCH3 is 1. The van der Waals surface area contributed by atoms with Gasteiger partial charge in [-0.15, -0.1) is 0 Å². The number of para-hydroxylation sites is 1. The van der Waals surface area contributed by atoms with Crippen molar-refractivity contribution in [1.82, 2.24) is 15.3 Å². The van der Waals surface area contributed by atoms with Gasteiger partial charge in [0.15, 0.2) is 0 Å². The first-order chi connectivity index (χ1) is 12.2. The molecule has 134 valence electrons. The average Bonchev–Trinajstić information content (AvgIpc) is 2.66. The molecule has 0 atom stereocenters. The van der Waals surface area contributed by atoms with Gasteiger partial charge in [-0.05, 0) is 18.9 Å². The van der Waals surface area contributed by atoms with Gasteiger partial charge < -0.3 is 15.0 Å². The van der Waals surface area contributed by atoms with Crippen molar-refractivity contribution in [3.63, 3.8) is 0 Å². The minimum Gasteiger partial charge on any atom is -0.496 e. The summed E-state index contributed by atoms with van der Waals surface area (Å²) in [5.41, 5.74) is 1.37. The van der Waals surface area contributed by atoms with E-state index in [2.05, 4.69) is 34.0 Å². The second-order valence-electron chi connectivity index (χ2n) is 5.75. The molecule has 0 saturated carbocycles. The quantitative estimate of drug-likeness (QED) is 0.759. The lowest BCUT2D eigenvalue weighted by molar-refractivity contribution is 0.0950. The minimum atomic E-state index is -0.199. The van der Waals surface area contributed by atoms with Crippen LogP contribution in [0.25, 0.3) is 0 Å². The van der Waals surface area contributed by atoms with Crippen molar-refractivity contribution in [2.45, 2.75) is 33.2 Å². The molecule has 0 aliphatic rings. The maximum atomic E-state index is 12.3. The highest BCUT2D eigenvalue weighted by Gasteiger charge is 2.11. The summed E-state index contributed by atoms with van der Waals surface area (Å²) in [6.45, 7) is 6.47. The predicted octanol–water partition coefficient (Wildman–Crippen LogP) is 3.04. The van der Waals surface area contributed by atoms with Gasteiger partial charge in [-0.2, -0.15) is 0 Å². The fourth-order valence-corrected chi connectivity index (χ4v) is 2.58. The number of nitrogens with zero attached hydrogens (tertiary/aromatic N) is 3. The van der Waals surface area contributed by atoms with Crippen LogP contribution in [0, 0.1) is 0 Å². The van der Waals surface area contributed by atoms with Gasteiger partial charge in [-0.25, -0.2) is 9.97 Å². The molecule has 1 aromatic heterocycles. The summed E-state index contributed by atoms with van der Waals surface area (Å²) in [4.78, 5) is 23.2. The lowest BCUT2D eigenvalue weighted by Gasteiger charge is -2.21. The van der Waals surface area contributed by atoms with Gasteiger partial charge in [0.25, 0.3) is 5.91 Å². The van der Waals surface area contributed by atoms with Crippen molar-refractivity contribution in [1.29, 1.82) is 0 Å². The molecule has 1 heterocycles. The number of ether oxygens (including phenoxy) is 1. The van der Waals surface area contributed by atoms with Crippen molar-refractivity contribution in [3.05, 3.63) is 47.8 Å². The van der Waals surface area contributed by atoms with Crippen molar-refractivity contribution in [2.24, 2.45) is 0 Å². The summed E-state index contributed by atoms with van der Waals surface area (Å²) < 4.78 is 5.29. The van der Waals surface area contributed by atoms with Gasteiger partial charge in [0.2, 0.25) is 5.95 Å². The Hall–Kier alpha value is -2.63. The molecule has 0 unspecified atom stereocenters. The predicted molar refractivity (Wildman–Crippen MR) is 99.0 cm³/mol. The smallest absolute Gasteiger partial charge is 0.254 e. The van der Waals surface area contributed by atoms with E-state index in [1.807, 2.05) is 24.3 Å². The average molecular weight is 342 g/mol. The van der Waals surface area contributed by atoms with Crippen LogP contribution in [-0.2, 0) is 6.54 Å². The van der Waals surface area contributed by atoms with Crippen LogP contribution in [0.15, 0.2) is 36.7 Å². The van der Waals surface area contributed by atoms with Gasteiger partial charge in [0.05, 0.1) is 12.7 Å². The molecule has 25 heavy (non-hydrogen) atoms. The first kappa shape index (κ1) is 18.7. The normalized spacial score (nSPS) is 10.4. The zero-order chi connectivity index (χ0) is 18.1. The summed E-state index contributed by atoms with van der Waals surface area (Å²) in [6.07, 6.45) is 5.23. The molecule has 0 aliphatic carbocycles. The Bertz CT molecular complexity index is 667. The molecule has 2 rings (SSSR count). The van der Waals surface area contributed by atoms with E-state index in [-0.39, 0.29) is 5.91 Å². The number of carbonyl (C=O) groups is 1. The second kappa shape index (κ2) is 9.61. The van der Waals surface area contributed by atoms with Crippen molar-refractivity contribution >= 4 is 11.9 Å². The van der Waals surface area contributed by atoms with E-state index in [1.54, 1.807) is 19.5 Å². The molecule has 0 saturated heterocycles. The van der Waals surface area contributed by atoms with E-state index in [4.69, 9.17) is 4.74 Å². The largest absolute Gasteiger partial charge is 0.496 e.